The number of nitriles is 1. The number of rotatable bonds is 4. The van der Waals surface area contributed by atoms with Crippen LogP contribution in [-0.2, 0) is 13.0 Å². The molecule has 1 aromatic carbocycles. The maximum Gasteiger partial charge on any atom is 0.0995 e. The van der Waals surface area contributed by atoms with E-state index >= 15 is 0 Å². The molecule has 1 saturated heterocycles. The van der Waals surface area contributed by atoms with Crippen LogP contribution < -0.4 is 5.32 Å². The minimum Gasteiger partial charge on any atom is -0.314 e. The van der Waals surface area contributed by atoms with Gasteiger partial charge in [0.05, 0.1) is 11.6 Å². The molecule has 0 aromatic heterocycles. The van der Waals surface area contributed by atoms with Gasteiger partial charge in [0.1, 0.15) is 0 Å². The molecule has 2 rings (SSSR count). The first-order valence-electron chi connectivity index (χ1n) is 7.14. The first-order chi connectivity index (χ1) is 9.19. The third kappa shape index (κ3) is 4.05. The summed E-state index contributed by atoms with van der Waals surface area (Å²) in [6, 6.07) is 8.62. The van der Waals surface area contributed by atoms with Crippen molar-refractivity contribution < 1.29 is 0 Å². The summed E-state index contributed by atoms with van der Waals surface area (Å²) in [6.07, 6.45) is 1.08. The Kier molecular flexibility index (Phi) is 4.95. The number of benzene rings is 1. The molecular weight excluding hydrogens is 234 g/mol. The highest BCUT2D eigenvalue weighted by molar-refractivity contribution is 5.40. The molecule has 0 aliphatic carbocycles. The van der Waals surface area contributed by atoms with E-state index < -0.39 is 0 Å². The summed E-state index contributed by atoms with van der Waals surface area (Å²) in [5, 5.41) is 12.6. The highest BCUT2D eigenvalue weighted by Crippen LogP contribution is 2.17. The maximum atomic E-state index is 9.24. The van der Waals surface area contributed by atoms with E-state index in [4.69, 9.17) is 0 Å². The highest BCUT2D eigenvalue weighted by Gasteiger charge is 2.13. The van der Waals surface area contributed by atoms with Crippen LogP contribution in [-0.4, -0.2) is 31.1 Å². The normalized spacial score (nSPS) is 16.5. The fraction of sp³-hybridized carbons (Fsp3) is 0.562. The summed E-state index contributed by atoms with van der Waals surface area (Å²) in [5.74, 6) is 0.653. The van der Waals surface area contributed by atoms with Gasteiger partial charge in [0.25, 0.3) is 0 Å². The van der Waals surface area contributed by atoms with Crippen molar-refractivity contribution in [3.63, 3.8) is 0 Å². The lowest BCUT2D eigenvalue weighted by Gasteiger charge is -2.27. The number of nitrogens with one attached hydrogen (secondary N) is 1. The van der Waals surface area contributed by atoms with Crippen LogP contribution in [0.3, 0.4) is 0 Å². The van der Waals surface area contributed by atoms with Crippen LogP contribution in [0.5, 0.6) is 0 Å². The van der Waals surface area contributed by atoms with E-state index in [1.54, 1.807) is 0 Å². The Morgan fingerprint density at radius 3 is 2.68 bits per heavy atom. The van der Waals surface area contributed by atoms with Crippen molar-refractivity contribution in [1.29, 1.82) is 5.26 Å². The second-order valence-corrected chi connectivity index (χ2v) is 5.73. The minimum atomic E-state index is 0.653. The number of hydrogen-bond donors (Lipinski definition) is 1. The minimum absolute atomic E-state index is 0.653. The quantitative estimate of drug-likeness (QED) is 0.898. The van der Waals surface area contributed by atoms with E-state index in [0.717, 1.165) is 44.7 Å². The Morgan fingerprint density at radius 2 is 2.05 bits per heavy atom. The van der Waals surface area contributed by atoms with Gasteiger partial charge >= 0.3 is 0 Å². The maximum absolute atomic E-state index is 9.24. The molecule has 0 spiro atoms. The Labute approximate surface area is 116 Å². The summed E-state index contributed by atoms with van der Waals surface area (Å²) in [4.78, 5) is 2.42. The lowest BCUT2D eigenvalue weighted by atomic mass is 9.98. The summed E-state index contributed by atoms with van der Waals surface area (Å²) < 4.78 is 0. The number of hydrogen-bond acceptors (Lipinski definition) is 3. The Hall–Kier alpha value is -1.37. The molecule has 3 nitrogen and oxygen atoms in total. The first kappa shape index (κ1) is 14.0. The predicted octanol–water partition coefficient (Wildman–Crippen LogP) is 2.16. The number of piperazine rings is 1. The third-order valence-electron chi connectivity index (χ3n) is 3.54. The fourth-order valence-electron chi connectivity index (χ4n) is 2.60. The molecule has 102 valence electrons. The molecule has 19 heavy (non-hydrogen) atoms. The second-order valence-electron chi connectivity index (χ2n) is 5.73. The van der Waals surface area contributed by atoms with Gasteiger partial charge in [-0.3, -0.25) is 4.90 Å². The van der Waals surface area contributed by atoms with Crippen molar-refractivity contribution in [3.8, 4) is 6.07 Å². The van der Waals surface area contributed by atoms with Gasteiger partial charge in [0.2, 0.25) is 0 Å². The van der Waals surface area contributed by atoms with E-state index in [-0.39, 0.29) is 0 Å². The van der Waals surface area contributed by atoms with Gasteiger partial charge in [0.15, 0.2) is 0 Å². The van der Waals surface area contributed by atoms with Crippen LogP contribution in [0.25, 0.3) is 0 Å². The van der Waals surface area contributed by atoms with Gasteiger partial charge < -0.3 is 5.32 Å². The predicted molar refractivity (Wildman–Crippen MR) is 77.8 cm³/mol. The lowest BCUT2D eigenvalue weighted by Crippen LogP contribution is -2.43. The summed E-state index contributed by atoms with van der Waals surface area (Å²) in [5.41, 5.74) is 3.35. The highest BCUT2D eigenvalue weighted by atomic mass is 15.2. The van der Waals surface area contributed by atoms with Crippen molar-refractivity contribution in [2.45, 2.75) is 26.8 Å². The van der Waals surface area contributed by atoms with Crippen LogP contribution in [0, 0.1) is 17.2 Å². The Morgan fingerprint density at radius 1 is 1.32 bits per heavy atom. The molecule has 0 unspecified atom stereocenters. The zero-order valence-corrected chi connectivity index (χ0v) is 11.9. The van der Waals surface area contributed by atoms with Gasteiger partial charge in [-0.25, -0.2) is 0 Å². The standard InChI is InChI=1S/C16H23N3/c1-13(2)9-14-3-4-15(11-17)16(10-14)12-19-7-5-18-6-8-19/h3-4,10,13,18H,5-9,12H2,1-2H3. The Bertz CT molecular complexity index is 454. The van der Waals surface area contributed by atoms with Crippen LogP contribution in [0.1, 0.15) is 30.5 Å². The summed E-state index contributed by atoms with van der Waals surface area (Å²) in [6.45, 7) is 9.60. The largest absolute Gasteiger partial charge is 0.314 e. The van der Waals surface area contributed by atoms with Crippen LogP contribution in [0.15, 0.2) is 18.2 Å². The molecule has 1 aliphatic rings. The number of nitrogens with zero attached hydrogens (tertiary/aromatic N) is 2. The van der Waals surface area contributed by atoms with Crippen molar-refractivity contribution in [2.24, 2.45) is 5.92 Å². The van der Waals surface area contributed by atoms with E-state index in [2.05, 4.69) is 42.3 Å². The molecular formula is C16H23N3. The molecule has 0 amide bonds. The van der Waals surface area contributed by atoms with Gasteiger partial charge in [-0.05, 0) is 29.5 Å². The molecule has 1 heterocycles. The molecule has 1 N–H and O–H groups in total. The fourth-order valence-corrected chi connectivity index (χ4v) is 2.60. The van der Waals surface area contributed by atoms with E-state index in [1.165, 1.54) is 11.1 Å². The average Bonchev–Trinajstić information content (AvgIpc) is 2.39. The van der Waals surface area contributed by atoms with E-state index in [0.29, 0.717) is 5.92 Å². The molecule has 1 fully saturated rings. The monoisotopic (exact) mass is 257 g/mol. The molecule has 0 bridgehead atoms. The topological polar surface area (TPSA) is 39.1 Å². The first-order valence-corrected chi connectivity index (χ1v) is 7.14. The third-order valence-corrected chi connectivity index (χ3v) is 3.54. The Balaban J connectivity index is 2.13. The van der Waals surface area contributed by atoms with Crippen molar-refractivity contribution in [1.82, 2.24) is 10.2 Å². The van der Waals surface area contributed by atoms with Crippen molar-refractivity contribution in [3.05, 3.63) is 34.9 Å². The lowest BCUT2D eigenvalue weighted by molar-refractivity contribution is 0.233. The molecule has 1 aromatic rings. The molecule has 3 heteroatoms. The second kappa shape index (κ2) is 6.70. The van der Waals surface area contributed by atoms with E-state index in [1.807, 2.05) is 6.07 Å². The van der Waals surface area contributed by atoms with Gasteiger partial charge in [-0.15, -0.1) is 0 Å². The zero-order valence-electron chi connectivity index (χ0n) is 11.9. The average molecular weight is 257 g/mol. The van der Waals surface area contributed by atoms with Crippen molar-refractivity contribution >= 4 is 0 Å². The smallest absolute Gasteiger partial charge is 0.0995 e. The summed E-state index contributed by atoms with van der Waals surface area (Å²) in [7, 11) is 0. The zero-order chi connectivity index (χ0) is 13.7. The van der Waals surface area contributed by atoms with E-state index in [9.17, 15) is 5.26 Å². The SMILES string of the molecule is CC(C)Cc1ccc(C#N)c(CN2CCNCC2)c1. The summed E-state index contributed by atoms with van der Waals surface area (Å²) >= 11 is 0. The van der Waals surface area contributed by atoms with Crippen LogP contribution in [0.2, 0.25) is 0 Å². The molecule has 0 atom stereocenters. The molecule has 1 aliphatic heterocycles. The van der Waals surface area contributed by atoms with Gasteiger partial charge in [-0.2, -0.15) is 5.26 Å². The van der Waals surface area contributed by atoms with Crippen molar-refractivity contribution in [2.75, 3.05) is 26.2 Å². The van der Waals surface area contributed by atoms with Gasteiger partial charge in [-0.1, -0.05) is 26.0 Å². The van der Waals surface area contributed by atoms with Crippen LogP contribution >= 0.6 is 0 Å². The molecule has 0 saturated carbocycles. The molecule has 0 radical (unpaired) electrons. The van der Waals surface area contributed by atoms with Gasteiger partial charge in [0, 0.05) is 32.7 Å². The van der Waals surface area contributed by atoms with Crippen LogP contribution in [0.4, 0.5) is 0 Å².